The minimum absolute atomic E-state index is 0.0664. The molecule has 1 unspecified atom stereocenters. The highest BCUT2D eigenvalue weighted by atomic mass is 32.2. The molecule has 1 heterocycles. The Morgan fingerprint density at radius 2 is 2.06 bits per heavy atom. The molecule has 0 amide bonds. The van der Waals surface area contributed by atoms with E-state index in [2.05, 4.69) is 11.2 Å². The second kappa shape index (κ2) is 6.47. The van der Waals surface area contributed by atoms with Crippen LogP contribution in [0.5, 0.6) is 0 Å². The zero-order valence-corrected chi connectivity index (χ0v) is 11.3. The predicted molar refractivity (Wildman–Crippen MR) is 77.6 cm³/mol. The average Bonchev–Trinajstić information content (AvgIpc) is 2.93. The number of nitrogens with two attached hydrogens (primary N) is 1. The van der Waals surface area contributed by atoms with Gasteiger partial charge in [0.25, 0.3) is 0 Å². The van der Waals surface area contributed by atoms with E-state index < -0.39 is 0 Å². The van der Waals surface area contributed by atoms with Crippen LogP contribution < -0.4 is 5.73 Å². The maximum atomic E-state index is 8.88. The van der Waals surface area contributed by atoms with Gasteiger partial charge in [0.2, 0.25) is 0 Å². The SMILES string of the molecule is NC(=NO)C(CSc1cccs1)c1ccccc1. The van der Waals surface area contributed by atoms with Crippen LogP contribution in [0.25, 0.3) is 0 Å². The lowest BCUT2D eigenvalue weighted by atomic mass is 10.0. The van der Waals surface area contributed by atoms with E-state index in [9.17, 15) is 0 Å². The minimum atomic E-state index is -0.0664. The number of thioether (sulfide) groups is 1. The van der Waals surface area contributed by atoms with Crippen molar-refractivity contribution in [3.63, 3.8) is 0 Å². The molecule has 1 atom stereocenters. The molecule has 0 fully saturated rings. The molecule has 0 radical (unpaired) electrons. The van der Waals surface area contributed by atoms with E-state index in [0.717, 1.165) is 11.3 Å². The Labute approximate surface area is 114 Å². The summed E-state index contributed by atoms with van der Waals surface area (Å²) in [7, 11) is 0. The second-order valence-electron chi connectivity index (χ2n) is 3.73. The molecule has 5 heteroatoms. The molecule has 0 aliphatic heterocycles. The fraction of sp³-hybridized carbons (Fsp3) is 0.154. The maximum Gasteiger partial charge on any atom is 0.147 e. The summed E-state index contributed by atoms with van der Waals surface area (Å²) < 4.78 is 1.24. The van der Waals surface area contributed by atoms with Crippen molar-refractivity contribution in [3.8, 4) is 0 Å². The molecule has 0 saturated heterocycles. The summed E-state index contributed by atoms with van der Waals surface area (Å²) >= 11 is 3.42. The topological polar surface area (TPSA) is 58.6 Å². The van der Waals surface area contributed by atoms with Gasteiger partial charge in [-0.15, -0.1) is 23.1 Å². The van der Waals surface area contributed by atoms with E-state index >= 15 is 0 Å². The highest BCUT2D eigenvalue weighted by molar-refractivity contribution is 8.01. The Hall–Kier alpha value is -1.46. The lowest BCUT2D eigenvalue weighted by molar-refractivity contribution is 0.316. The van der Waals surface area contributed by atoms with Gasteiger partial charge >= 0.3 is 0 Å². The van der Waals surface area contributed by atoms with Gasteiger partial charge in [0.1, 0.15) is 5.84 Å². The summed E-state index contributed by atoms with van der Waals surface area (Å²) in [5.74, 6) is 0.953. The van der Waals surface area contributed by atoms with Crippen LogP contribution in [-0.4, -0.2) is 16.8 Å². The van der Waals surface area contributed by atoms with Gasteiger partial charge in [-0.1, -0.05) is 41.6 Å². The number of nitrogens with zero attached hydrogens (tertiary/aromatic N) is 1. The lowest BCUT2D eigenvalue weighted by Gasteiger charge is -2.14. The number of amidine groups is 1. The quantitative estimate of drug-likeness (QED) is 0.290. The number of benzene rings is 1. The van der Waals surface area contributed by atoms with Crippen LogP contribution in [0.15, 0.2) is 57.2 Å². The Balaban J connectivity index is 2.11. The van der Waals surface area contributed by atoms with Gasteiger partial charge in [-0.05, 0) is 17.0 Å². The summed E-state index contributed by atoms with van der Waals surface area (Å²) in [6, 6.07) is 14.0. The Bertz CT molecular complexity index is 497. The van der Waals surface area contributed by atoms with Crippen LogP contribution in [0.3, 0.4) is 0 Å². The largest absolute Gasteiger partial charge is 0.409 e. The first-order valence-electron chi connectivity index (χ1n) is 5.50. The number of rotatable bonds is 5. The molecule has 94 valence electrons. The summed E-state index contributed by atoms with van der Waals surface area (Å²) in [4.78, 5) is 0. The molecule has 0 bridgehead atoms. The number of hydrogen-bond donors (Lipinski definition) is 2. The third-order valence-corrected chi connectivity index (χ3v) is 4.79. The summed E-state index contributed by atoms with van der Waals surface area (Å²) in [5, 5.41) is 14.1. The molecule has 18 heavy (non-hydrogen) atoms. The Morgan fingerprint density at radius 1 is 1.28 bits per heavy atom. The van der Waals surface area contributed by atoms with E-state index in [1.165, 1.54) is 4.21 Å². The van der Waals surface area contributed by atoms with E-state index in [1.807, 2.05) is 41.8 Å². The molecule has 0 saturated carbocycles. The zero-order chi connectivity index (χ0) is 12.8. The highest BCUT2D eigenvalue weighted by Crippen LogP contribution is 2.29. The monoisotopic (exact) mass is 278 g/mol. The first kappa shape index (κ1) is 13.0. The van der Waals surface area contributed by atoms with Crippen LogP contribution in [0, 0.1) is 0 Å². The molecule has 3 nitrogen and oxygen atoms in total. The van der Waals surface area contributed by atoms with Gasteiger partial charge in [-0.3, -0.25) is 0 Å². The molecule has 0 aliphatic carbocycles. The van der Waals surface area contributed by atoms with Crippen molar-refractivity contribution in [3.05, 3.63) is 53.4 Å². The van der Waals surface area contributed by atoms with Crippen molar-refractivity contribution < 1.29 is 5.21 Å². The zero-order valence-electron chi connectivity index (χ0n) is 9.69. The molecule has 2 rings (SSSR count). The third kappa shape index (κ3) is 3.27. The van der Waals surface area contributed by atoms with Gasteiger partial charge in [-0.2, -0.15) is 0 Å². The summed E-state index contributed by atoms with van der Waals surface area (Å²) in [6.45, 7) is 0. The van der Waals surface area contributed by atoms with E-state index in [4.69, 9.17) is 10.9 Å². The van der Waals surface area contributed by atoms with E-state index in [-0.39, 0.29) is 11.8 Å². The molecule has 2 aromatic rings. The molecule has 3 N–H and O–H groups in total. The standard InChI is InChI=1S/C13H14N2OS2/c14-13(15-16)11(10-5-2-1-3-6-10)9-18-12-7-4-8-17-12/h1-8,11,16H,9H2,(H2,14,15). The molecular formula is C13H14N2OS2. The van der Waals surface area contributed by atoms with E-state index in [1.54, 1.807) is 23.1 Å². The van der Waals surface area contributed by atoms with Crippen molar-refractivity contribution in [2.45, 2.75) is 10.1 Å². The molecule has 1 aromatic heterocycles. The van der Waals surface area contributed by atoms with Gasteiger partial charge in [0.05, 0.1) is 10.1 Å². The average molecular weight is 278 g/mol. The molecule has 0 spiro atoms. The Morgan fingerprint density at radius 3 is 2.67 bits per heavy atom. The number of thiophene rings is 1. The predicted octanol–water partition coefficient (Wildman–Crippen LogP) is 3.37. The van der Waals surface area contributed by atoms with Crippen molar-refractivity contribution in [1.82, 2.24) is 0 Å². The van der Waals surface area contributed by atoms with Crippen molar-refractivity contribution in [1.29, 1.82) is 0 Å². The smallest absolute Gasteiger partial charge is 0.147 e. The van der Waals surface area contributed by atoms with Crippen LogP contribution in [0.4, 0.5) is 0 Å². The van der Waals surface area contributed by atoms with Crippen LogP contribution in [-0.2, 0) is 0 Å². The lowest BCUT2D eigenvalue weighted by Crippen LogP contribution is -2.23. The third-order valence-electron chi connectivity index (χ3n) is 2.56. The van der Waals surface area contributed by atoms with Crippen molar-refractivity contribution in [2.24, 2.45) is 10.9 Å². The van der Waals surface area contributed by atoms with Gasteiger partial charge in [0.15, 0.2) is 0 Å². The maximum absolute atomic E-state index is 8.88. The summed E-state index contributed by atoms with van der Waals surface area (Å²) in [5.41, 5.74) is 6.85. The van der Waals surface area contributed by atoms with Gasteiger partial charge < -0.3 is 10.9 Å². The fourth-order valence-corrected chi connectivity index (χ4v) is 3.58. The van der Waals surface area contributed by atoms with Crippen LogP contribution in [0.1, 0.15) is 11.5 Å². The molecule has 0 aliphatic rings. The molecular weight excluding hydrogens is 264 g/mol. The normalized spacial score (nSPS) is 13.4. The molecule has 1 aromatic carbocycles. The Kier molecular flexibility index (Phi) is 4.66. The second-order valence-corrected chi connectivity index (χ2v) is 6.00. The number of hydrogen-bond acceptors (Lipinski definition) is 4. The first-order chi connectivity index (χ1) is 8.81. The van der Waals surface area contributed by atoms with E-state index in [0.29, 0.717) is 0 Å². The highest BCUT2D eigenvalue weighted by Gasteiger charge is 2.17. The summed E-state index contributed by atoms with van der Waals surface area (Å²) in [6.07, 6.45) is 0. The van der Waals surface area contributed by atoms with Crippen molar-refractivity contribution in [2.75, 3.05) is 5.75 Å². The fourth-order valence-electron chi connectivity index (χ4n) is 1.62. The van der Waals surface area contributed by atoms with Gasteiger partial charge in [0, 0.05) is 5.75 Å². The van der Waals surface area contributed by atoms with Gasteiger partial charge in [-0.25, -0.2) is 0 Å². The number of oxime groups is 1. The van der Waals surface area contributed by atoms with Crippen LogP contribution >= 0.6 is 23.1 Å². The first-order valence-corrected chi connectivity index (χ1v) is 7.36. The minimum Gasteiger partial charge on any atom is -0.409 e. The van der Waals surface area contributed by atoms with Crippen molar-refractivity contribution >= 4 is 28.9 Å². The van der Waals surface area contributed by atoms with Crippen LogP contribution in [0.2, 0.25) is 0 Å².